The number of carboxylic acid groups (broad SMARTS) is 1. The van der Waals surface area contributed by atoms with Gasteiger partial charge in [-0.15, -0.1) is 0 Å². The van der Waals surface area contributed by atoms with Crippen LogP contribution in [0.2, 0.25) is 0 Å². The van der Waals surface area contributed by atoms with Gasteiger partial charge in [-0.2, -0.15) is 0 Å². The topological polar surface area (TPSA) is 109 Å². The van der Waals surface area contributed by atoms with Crippen LogP contribution in [0.1, 0.15) is 58.3 Å². The van der Waals surface area contributed by atoms with Gasteiger partial charge in [-0.1, -0.05) is 45.4 Å². The number of fused-ring (bicyclic) bond motifs is 1. The maximum absolute atomic E-state index is 10.7. The van der Waals surface area contributed by atoms with Gasteiger partial charge < -0.3 is 39.3 Å². The molecule has 0 spiro atoms. The van der Waals surface area contributed by atoms with Crippen LogP contribution < -0.4 is 40.0 Å². The molecular weight excluding hydrogens is 377 g/mol. The van der Waals surface area contributed by atoms with Gasteiger partial charge >= 0.3 is 29.6 Å². The number of nitrogens with one attached hydrogen (secondary N) is 1. The SMILES string of the molecule is CCCCCCCCCC1OC[C@H]2O[C@H](OC)[C@H](NCC(=O)[O-])[C@@H](O)[C@@H]2O1.[Na+]. The largest absolute Gasteiger partial charge is 1.00 e. The van der Waals surface area contributed by atoms with Crippen molar-refractivity contribution in [1.29, 1.82) is 0 Å². The van der Waals surface area contributed by atoms with E-state index in [2.05, 4.69) is 12.2 Å². The fourth-order valence-electron chi connectivity index (χ4n) is 3.68. The van der Waals surface area contributed by atoms with E-state index in [0.717, 1.165) is 19.3 Å². The fourth-order valence-corrected chi connectivity index (χ4v) is 3.68. The van der Waals surface area contributed by atoms with Gasteiger partial charge in [0.25, 0.3) is 0 Å². The molecule has 9 heteroatoms. The summed E-state index contributed by atoms with van der Waals surface area (Å²) >= 11 is 0. The van der Waals surface area contributed by atoms with Crippen molar-refractivity contribution in [2.75, 3.05) is 20.3 Å². The Hall–Kier alpha value is 0.230. The van der Waals surface area contributed by atoms with Crippen LogP contribution in [0.5, 0.6) is 0 Å². The molecule has 2 aliphatic rings. The fraction of sp³-hybridized carbons (Fsp3) is 0.947. The molecule has 2 N–H and O–H groups in total. The Morgan fingerprint density at radius 3 is 2.50 bits per heavy atom. The summed E-state index contributed by atoms with van der Waals surface area (Å²) < 4.78 is 22.7. The van der Waals surface area contributed by atoms with Crippen molar-refractivity contribution in [1.82, 2.24) is 5.32 Å². The van der Waals surface area contributed by atoms with E-state index in [1.54, 1.807) is 0 Å². The first-order valence-corrected chi connectivity index (χ1v) is 10.1. The minimum absolute atomic E-state index is 0. The van der Waals surface area contributed by atoms with Crippen molar-refractivity contribution >= 4 is 5.97 Å². The van der Waals surface area contributed by atoms with E-state index in [1.807, 2.05) is 0 Å². The standard InChI is InChI=1S/C19H35NO7.Na/c1-3-4-5-6-7-8-9-10-15-25-12-13-18(27-15)17(23)16(19(24-2)26-13)20-11-14(21)22;/h13,15-20,23H,3-12H2,1-2H3,(H,21,22);/q;+1/p-1/t13-,15?,16-,17-,18-,19+;/m1./s1. The van der Waals surface area contributed by atoms with Gasteiger partial charge in [0.2, 0.25) is 0 Å². The summed E-state index contributed by atoms with van der Waals surface area (Å²) in [4.78, 5) is 10.7. The third kappa shape index (κ3) is 8.16. The van der Waals surface area contributed by atoms with Gasteiger partial charge in [0.05, 0.1) is 18.6 Å². The minimum atomic E-state index is -1.26. The molecule has 2 fully saturated rings. The molecule has 158 valence electrons. The summed E-state index contributed by atoms with van der Waals surface area (Å²) in [5.41, 5.74) is 0. The number of unbranched alkanes of at least 4 members (excludes halogenated alkanes) is 6. The summed E-state index contributed by atoms with van der Waals surface area (Å²) in [7, 11) is 1.44. The Morgan fingerprint density at radius 1 is 1.18 bits per heavy atom. The molecule has 0 amide bonds. The first-order chi connectivity index (χ1) is 13.1. The molecule has 1 unspecified atom stereocenters. The Morgan fingerprint density at radius 2 is 1.86 bits per heavy atom. The minimum Gasteiger partial charge on any atom is -0.549 e. The second kappa shape index (κ2) is 14.3. The summed E-state index contributed by atoms with van der Waals surface area (Å²) in [6.07, 6.45) is 6.09. The smallest absolute Gasteiger partial charge is 0.549 e. The van der Waals surface area contributed by atoms with Crippen molar-refractivity contribution in [3.63, 3.8) is 0 Å². The molecule has 0 aliphatic carbocycles. The zero-order valence-corrected chi connectivity index (χ0v) is 19.4. The van der Waals surface area contributed by atoms with E-state index in [-0.39, 0.29) is 35.8 Å². The number of aliphatic hydroxyl groups is 1. The molecule has 8 nitrogen and oxygen atoms in total. The van der Waals surface area contributed by atoms with E-state index in [9.17, 15) is 15.0 Å². The molecule has 0 aromatic rings. The predicted molar refractivity (Wildman–Crippen MR) is 95.7 cm³/mol. The third-order valence-corrected chi connectivity index (χ3v) is 5.19. The van der Waals surface area contributed by atoms with Gasteiger partial charge in [0, 0.05) is 13.7 Å². The third-order valence-electron chi connectivity index (χ3n) is 5.19. The van der Waals surface area contributed by atoms with E-state index in [1.165, 1.54) is 39.2 Å². The van der Waals surface area contributed by atoms with Crippen molar-refractivity contribution in [2.45, 2.75) is 95.2 Å². The summed E-state index contributed by atoms with van der Waals surface area (Å²) in [5.74, 6) is -1.26. The maximum atomic E-state index is 10.7. The number of carbonyl (C=O) groups is 1. The van der Waals surface area contributed by atoms with E-state index >= 15 is 0 Å². The zero-order valence-electron chi connectivity index (χ0n) is 17.4. The van der Waals surface area contributed by atoms with E-state index in [4.69, 9.17) is 18.9 Å². The average Bonchev–Trinajstić information content (AvgIpc) is 2.66. The number of ether oxygens (including phenoxy) is 4. The maximum Gasteiger partial charge on any atom is 1.00 e. The molecule has 0 bridgehead atoms. The van der Waals surface area contributed by atoms with Gasteiger partial charge in [0.1, 0.15) is 18.3 Å². The van der Waals surface area contributed by atoms with Crippen LogP contribution in [0.25, 0.3) is 0 Å². The second-order valence-electron chi connectivity index (χ2n) is 7.32. The predicted octanol–water partition coefficient (Wildman–Crippen LogP) is -2.69. The molecule has 0 aromatic heterocycles. The summed E-state index contributed by atoms with van der Waals surface area (Å²) in [5, 5.41) is 24.1. The Bertz CT molecular complexity index is 443. The number of aliphatic hydroxyl groups excluding tert-OH is 1. The van der Waals surface area contributed by atoms with Gasteiger partial charge in [-0.05, 0) is 12.8 Å². The quantitative estimate of drug-likeness (QED) is 0.264. The van der Waals surface area contributed by atoms with Gasteiger partial charge in [-0.25, -0.2) is 0 Å². The van der Waals surface area contributed by atoms with Crippen LogP contribution >= 0.6 is 0 Å². The van der Waals surface area contributed by atoms with Crippen LogP contribution in [-0.2, 0) is 23.7 Å². The molecule has 6 atom stereocenters. The summed E-state index contributed by atoms with van der Waals surface area (Å²) in [6, 6.07) is -0.716. The zero-order chi connectivity index (χ0) is 19.6. The van der Waals surface area contributed by atoms with Crippen LogP contribution in [0.15, 0.2) is 0 Å². The molecule has 2 saturated heterocycles. The number of aliphatic carboxylic acids is 1. The number of carboxylic acids is 1. The van der Waals surface area contributed by atoms with E-state index < -0.39 is 43.2 Å². The molecule has 2 aliphatic heterocycles. The Labute approximate surface area is 189 Å². The molecular formula is C19H34NNaO7. The van der Waals surface area contributed by atoms with Crippen LogP contribution in [0, 0.1) is 0 Å². The van der Waals surface area contributed by atoms with Crippen LogP contribution in [0.3, 0.4) is 0 Å². The van der Waals surface area contributed by atoms with Crippen molar-refractivity contribution in [3.05, 3.63) is 0 Å². The first kappa shape index (κ1) is 26.3. The molecule has 2 rings (SSSR count). The van der Waals surface area contributed by atoms with Crippen LogP contribution in [0.4, 0.5) is 0 Å². The van der Waals surface area contributed by atoms with E-state index in [0.29, 0.717) is 6.61 Å². The summed E-state index contributed by atoms with van der Waals surface area (Å²) in [6.45, 7) is 2.12. The van der Waals surface area contributed by atoms with Crippen molar-refractivity contribution in [2.24, 2.45) is 0 Å². The van der Waals surface area contributed by atoms with Crippen molar-refractivity contribution in [3.8, 4) is 0 Å². The number of rotatable bonds is 12. The van der Waals surface area contributed by atoms with Gasteiger partial charge in [0.15, 0.2) is 12.6 Å². The molecule has 0 aromatic carbocycles. The average molecular weight is 411 g/mol. The molecule has 0 saturated carbocycles. The molecule has 0 radical (unpaired) electrons. The Balaban J connectivity index is 0.00000392. The first-order valence-electron chi connectivity index (χ1n) is 10.1. The van der Waals surface area contributed by atoms with Crippen molar-refractivity contribution < 1.29 is 63.5 Å². The molecule has 28 heavy (non-hydrogen) atoms. The number of methoxy groups -OCH3 is 1. The van der Waals surface area contributed by atoms with Crippen LogP contribution in [-0.4, -0.2) is 68.3 Å². The molecule has 2 heterocycles. The number of carbonyl (C=O) groups excluding carboxylic acids is 1. The monoisotopic (exact) mass is 411 g/mol. The number of hydrogen-bond acceptors (Lipinski definition) is 8. The second-order valence-corrected chi connectivity index (χ2v) is 7.32. The normalized spacial score (nSPS) is 32.4. The van der Waals surface area contributed by atoms with Gasteiger partial charge in [-0.3, -0.25) is 0 Å². The Kier molecular flexibility index (Phi) is 13.4. The number of hydrogen-bond donors (Lipinski definition) is 2.